The Hall–Kier alpha value is -1.42. The van der Waals surface area contributed by atoms with Crippen molar-refractivity contribution in [1.29, 1.82) is 0 Å². The van der Waals surface area contributed by atoms with Crippen molar-refractivity contribution >= 4 is 5.91 Å². The maximum Gasteiger partial charge on any atom is 0.243 e. The molecule has 0 aliphatic rings. The zero-order chi connectivity index (χ0) is 10.4. The quantitative estimate of drug-likeness (QED) is 0.736. The number of pyridine rings is 1. The fraction of sp³-hybridized carbons (Fsp3) is 0.400. The zero-order valence-corrected chi connectivity index (χ0v) is 8.23. The lowest BCUT2D eigenvalue weighted by molar-refractivity contribution is -0.122. The Morgan fingerprint density at radius 2 is 2.43 bits per heavy atom. The molecule has 3 N–H and O–H groups in total. The van der Waals surface area contributed by atoms with Crippen molar-refractivity contribution in [2.45, 2.75) is 19.4 Å². The van der Waals surface area contributed by atoms with Gasteiger partial charge in [0, 0.05) is 12.7 Å². The van der Waals surface area contributed by atoms with E-state index < -0.39 is 6.04 Å². The Morgan fingerprint density at radius 3 is 3.00 bits per heavy atom. The molecule has 1 rings (SSSR count). The van der Waals surface area contributed by atoms with Gasteiger partial charge in [-0.15, -0.1) is 0 Å². The third-order valence-electron chi connectivity index (χ3n) is 1.84. The topological polar surface area (TPSA) is 68.0 Å². The zero-order valence-electron chi connectivity index (χ0n) is 8.23. The molecule has 0 aromatic carbocycles. The molecule has 0 fully saturated rings. The van der Waals surface area contributed by atoms with Crippen LogP contribution < -0.4 is 11.1 Å². The van der Waals surface area contributed by atoms with Crippen molar-refractivity contribution < 1.29 is 4.79 Å². The summed E-state index contributed by atoms with van der Waals surface area (Å²) in [6.45, 7) is 2.64. The molecular formula is C10H15N3O. The Labute approximate surface area is 83.5 Å². The van der Waals surface area contributed by atoms with Gasteiger partial charge in [-0.25, -0.2) is 0 Å². The number of nitrogens with two attached hydrogens (primary N) is 1. The fourth-order valence-electron chi connectivity index (χ4n) is 1.05. The first-order chi connectivity index (χ1) is 6.75. The maximum absolute atomic E-state index is 11.4. The van der Waals surface area contributed by atoms with Crippen LogP contribution in [0.3, 0.4) is 0 Å². The first-order valence-corrected chi connectivity index (χ1v) is 4.70. The predicted octanol–water partition coefficient (Wildman–Crippen LogP) is 0.608. The van der Waals surface area contributed by atoms with Crippen LogP contribution in [0.25, 0.3) is 0 Å². The number of carbonyl (C=O) groups is 1. The number of aromatic nitrogens is 1. The monoisotopic (exact) mass is 193 g/mol. The van der Waals surface area contributed by atoms with Crippen molar-refractivity contribution in [2.75, 3.05) is 6.54 Å². The molecule has 1 heterocycles. The number of carbonyl (C=O) groups excluding carboxylic acids is 1. The third kappa shape index (κ3) is 2.81. The minimum atomic E-state index is -0.664. The number of nitrogens with one attached hydrogen (secondary N) is 1. The van der Waals surface area contributed by atoms with Gasteiger partial charge in [0.1, 0.15) is 6.04 Å². The van der Waals surface area contributed by atoms with Gasteiger partial charge < -0.3 is 11.1 Å². The third-order valence-corrected chi connectivity index (χ3v) is 1.84. The molecule has 76 valence electrons. The van der Waals surface area contributed by atoms with Gasteiger partial charge in [-0.1, -0.05) is 13.0 Å². The molecule has 14 heavy (non-hydrogen) atoms. The molecule has 0 bridgehead atoms. The van der Waals surface area contributed by atoms with Gasteiger partial charge in [0.05, 0.1) is 5.69 Å². The average Bonchev–Trinajstić information content (AvgIpc) is 2.26. The molecule has 0 spiro atoms. The number of hydrogen-bond acceptors (Lipinski definition) is 3. The van der Waals surface area contributed by atoms with E-state index in [1.165, 1.54) is 0 Å². The Kier molecular flexibility index (Phi) is 4.07. The van der Waals surface area contributed by atoms with Gasteiger partial charge in [-0.3, -0.25) is 9.78 Å². The van der Waals surface area contributed by atoms with E-state index in [-0.39, 0.29) is 5.91 Å². The summed E-state index contributed by atoms with van der Waals surface area (Å²) in [5.41, 5.74) is 6.30. The average molecular weight is 193 g/mol. The van der Waals surface area contributed by atoms with Crippen LogP contribution in [-0.2, 0) is 4.79 Å². The highest BCUT2D eigenvalue weighted by atomic mass is 16.2. The highest BCUT2D eigenvalue weighted by Gasteiger charge is 2.15. The summed E-state index contributed by atoms with van der Waals surface area (Å²) in [7, 11) is 0. The Morgan fingerprint density at radius 1 is 1.64 bits per heavy atom. The van der Waals surface area contributed by atoms with E-state index in [0.717, 1.165) is 6.42 Å². The van der Waals surface area contributed by atoms with Crippen LogP contribution >= 0.6 is 0 Å². The van der Waals surface area contributed by atoms with Crippen LogP contribution in [-0.4, -0.2) is 17.4 Å². The van der Waals surface area contributed by atoms with Gasteiger partial charge in [0.25, 0.3) is 0 Å². The lowest BCUT2D eigenvalue weighted by Gasteiger charge is -2.10. The summed E-state index contributed by atoms with van der Waals surface area (Å²) < 4.78 is 0. The van der Waals surface area contributed by atoms with E-state index >= 15 is 0 Å². The molecule has 0 radical (unpaired) electrons. The maximum atomic E-state index is 11.4. The van der Waals surface area contributed by atoms with E-state index in [4.69, 9.17) is 5.73 Å². The second kappa shape index (κ2) is 5.34. The number of amides is 1. The van der Waals surface area contributed by atoms with E-state index in [1.54, 1.807) is 18.3 Å². The van der Waals surface area contributed by atoms with Gasteiger partial charge in [0.2, 0.25) is 5.91 Å². The summed E-state index contributed by atoms with van der Waals surface area (Å²) in [4.78, 5) is 15.4. The number of nitrogens with zero attached hydrogens (tertiary/aromatic N) is 1. The fourth-order valence-corrected chi connectivity index (χ4v) is 1.05. The molecule has 1 amide bonds. The van der Waals surface area contributed by atoms with E-state index in [2.05, 4.69) is 10.3 Å². The molecule has 0 saturated heterocycles. The first kappa shape index (κ1) is 10.7. The second-order valence-corrected chi connectivity index (χ2v) is 3.02. The molecule has 1 atom stereocenters. The molecular weight excluding hydrogens is 178 g/mol. The molecule has 4 nitrogen and oxygen atoms in total. The number of rotatable bonds is 4. The van der Waals surface area contributed by atoms with Gasteiger partial charge >= 0.3 is 0 Å². The van der Waals surface area contributed by atoms with Crippen LogP contribution in [0.5, 0.6) is 0 Å². The van der Waals surface area contributed by atoms with Crippen LogP contribution in [0.15, 0.2) is 24.4 Å². The van der Waals surface area contributed by atoms with Gasteiger partial charge in [-0.05, 0) is 18.6 Å². The molecule has 0 aliphatic carbocycles. The molecule has 0 aliphatic heterocycles. The summed E-state index contributed by atoms with van der Waals surface area (Å²) in [6, 6.07) is 4.69. The van der Waals surface area contributed by atoms with E-state index in [0.29, 0.717) is 12.2 Å². The van der Waals surface area contributed by atoms with Crippen molar-refractivity contribution in [3.05, 3.63) is 30.1 Å². The molecule has 4 heteroatoms. The molecule has 1 unspecified atom stereocenters. The van der Waals surface area contributed by atoms with Crippen LogP contribution in [0.2, 0.25) is 0 Å². The largest absolute Gasteiger partial charge is 0.354 e. The summed E-state index contributed by atoms with van der Waals surface area (Å²) in [5.74, 6) is -0.175. The summed E-state index contributed by atoms with van der Waals surface area (Å²) in [5, 5.41) is 2.73. The number of hydrogen-bond donors (Lipinski definition) is 2. The smallest absolute Gasteiger partial charge is 0.243 e. The van der Waals surface area contributed by atoms with Gasteiger partial charge in [-0.2, -0.15) is 0 Å². The van der Waals surface area contributed by atoms with Crippen LogP contribution in [0, 0.1) is 0 Å². The Bertz CT molecular complexity index is 287. The van der Waals surface area contributed by atoms with E-state index in [1.807, 2.05) is 13.0 Å². The SMILES string of the molecule is CCCNC(=O)C(N)c1ccccn1. The standard InChI is InChI=1S/C10H15N3O/c1-2-6-13-10(14)9(11)8-5-3-4-7-12-8/h3-5,7,9H,2,6,11H2,1H3,(H,13,14). The molecule has 0 saturated carbocycles. The normalized spacial score (nSPS) is 12.1. The minimum absolute atomic E-state index is 0.175. The lowest BCUT2D eigenvalue weighted by Crippen LogP contribution is -2.34. The van der Waals surface area contributed by atoms with Crippen molar-refractivity contribution in [3.8, 4) is 0 Å². The minimum Gasteiger partial charge on any atom is -0.354 e. The highest BCUT2D eigenvalue weighted by molar-refractivity contribution is 5.82. The van der Waals surface area contributed by atoms with Crippen LogP contribution in [0.1, 0.15) is 25.1 Å². The predicted molar refractivity (Wildman–Crippen MR) is 54.5 cm³/mol. The van der Waals surface area contributed by atoms with E-state index in [9.17, 15) is 4.79 Å². The lowest BCUT2D eigenvalue weighted by atomic mass is 10.2. The van der Waals surface area contributed by atoms with Crippen LogP contribution in [0.4, 0.5) is 0 Å². The van der Waals surface area contributed by atoms with Crippen molar-refractivity contribution in [3.63, 3.8) is 0 Å². The van der Waals surface area contributed by atoms with Crippen molar-refractivity contribution in [1.82, 2.24) is 10.3 Å². The van der Waals surface area contributed by atoms with Gasteiger partial charge in [0.15, 0.2) is 0 Å². The Balaban J connectivity index is 2.57. The molecule has 1 aromatic rings. The van der Waals surface area contributed by atoms with Crippen molar-refractivity contribution in [2.24, 2.45) is 5.73 Å². The molecule has 1 aromatic heterocycles. The highest BCUT2D eigenvalue weighted by Crippen LogP contribution is 2.05. The summed E-state index contributed by atoms with van der Waals surface area (Å²) >= 11 is 0. The second-order valence-electron chi connectivity index (χ2n) is 3.02. The summed E-state index contributed by atoms with van der Waals surface area (Å²) in [6.07, 6.45) is 2.53. The first-order valence-electron chi connectivity index (χ1n) is 4.70.